The maximum atomic E-state index is 8.51. The Morgan fingerprint density at radius 2 is 1.66 bits per heavy atom. The lowest BCUT2D eigenvalue weighted by atomic mass is 10.1. The molecule has 0 unspecified atom stereocenters. The Morgan fingerprint density at radius 3 is 2.28 bits per heavy atom. The fourth-order valence-electron chi connectivity index (χ4n) is 3.21. The standard InChI is InChI=1S/C24H39N3S2.C2H6S/c1-4-5-6-9-15-27(20-23-13-12-14-24(26-23)22(2)3)16-10-7-8-11-17-28-18-19-29-21-25;1-3-2/h12-14H,2,4-11,15-20H2,1,3H3;1-2H3. The van der Waals surface area contributed by atoms with E-state index in [2.05, 4.69) is 42.0 Å². The fourth-order valence-corrected chi connectivity index (χ4v) is 4.72. The molecule has 1 rings (SSSR count). The van der Waals surface area contributed by atoms with Gasteiger partial charge in [0.05, 0.1) is 11.4 Å². The monoisotopic (exact) mass is 495 g/mol. The first-order valence-corrected chi connectivity index (χ1v) is 15.7. The zero-order valence-corrected chi connectivity index (χ0v) is 23.4. The number of hydrogen-bond acceptors (Lipinski definition) is 6. The van der Waals surface area contributed by atoms with Crippen LogP contribution in [0.3, 0.4) is 0 Å². The van der Waals surface area contributed by atoms with Crippen LogP contribution in [0, 0.1) is 10.7 Å². The second-order valence-electron chi connectivity index (χ2n) is 8.01. The molecule has 0 aromatic carbocycles. The van der Waals surface area contributed by atoms with Gasteiger partial charge in [0.15, 0.2) is 0 Å². The lowest BCUT2D eigenvalue weighted by Gasteiger charge is -2.22. The van der Waals surface area contributed by atoms with Crippen LogP contribution in [0.4, 0.5) is 0 Å². The first-order valence-electron chi connectivity index (χ1n) is 11.9. The third kappa shape index (κ3) is 18.9. The largest absolute Gasteiger partial charge is 0.298 e. The van der Waals surface area contributed by atoms with E-state index in [9.17, 15) is 0 Å². The fraction of sp³-hybridized carbons (Fsp3) is 0.692. The minimum atomic E-state index is 0.944. The summed E-state index contributed by atoms with van der Waals surface area (Å²) >= 11 is 5.10. The summed E-state index contributed by atoms with van der Waals surface area (Å²) in [6, 6.07) is 6.30. The average molecular weight is 496 g/mol. The van der Waals surface area contributed by atoms with Gasteiger partial charge in [0.25, 0.3) is 0 Å². The molecule has 32 heavy (non-hydrogen) atoms. The zero-order chi connectivity index (χ0) is 23.9. The highest BCUT2D eigenvalue weighted by atomic mass is 32.2. The SMILES string of the molecule is C=C(C)c1cccc(CN(CCCCCC)CCCCCCSCCSC#N)n1.CSC. The van der Waals surface area contributed by atoms with E-state index >= 15 is 0 Å². The Morgan fingerprint density at radius 1 is 1.00 bits per heavy atom. The molecule has 3 nitrogen and oxygen atoms in total. The smallest absolute Gasteiger partial charge is 0.133 e. The Labute approximate surface area is 211 Å². The summed E-state index contributed by atoms with van der Waals surface area (Å²) in [5.74, 6) is 3.28. The van der Waals surface area contributed by atoms with Gasteiger partial charge < -0.3 is 0 Å². The molecule has 1 aromatic heterocycles. The van der Waals surface area contributed by atoms with Crippen molar-refractivity contribution in [3.63, 3.8) is 0 Å². The van der Waals surface area contributed by atoms with Gasteiger partial charge in [0.1, 0.15) is 5.40 Å². The number of unbranched alkanes of at least 4 members (excludes halogenated alkanes) is 6. The van der Waals surface area contributed by atoms with Gasteiger partial charge in [0.2, 0.25) is 0 Å². The van der Waals surface area contributed by atoms with E-state index in [1.807, 2.05) is 31.2 Å². The Hall–Kier alpha value is -0.610. The number of thiocyanates is 1. The minimum absolute atomic E-state index is 0.944. The van der Waals surface area contributed by atoms with E-state index in [0.717, 1.165) is 41.6 Å². The molecule has 0 bridgehead atoms. The zero-order valence-electron chi connectivity index (χ0n) is 20.9. The van der Waals surface area contributed by atoms with E-state index in [-0.39, 0.29) is 0 Å². The molecular weight excluding hydrogens is 451 g/mol. The third-order valence-electron chi connectivity index (χ3n) is 4.86. The molecule has 0 aliphatic carbocycles. The van der Waals surface area contributed by atoms with Crippen molar-refractivity contribution in [2.45, 2.75) is 71.8 Å². The number of nitrogens with zero attached hydrogens (tertiary/aromatic N) is 3. The molecule has 0 spiro atoms. The van der Waals surface area contributed by atoms with Crippen LogP contribution in [0.25, 0.3) is 5.57 Å². The Kier molecular flexibility index (Phi) is 23.1. The number of allylic oxidation sites excluding steroid dienone is 1. The van der Waals surface area contributed by atoms with Gasteiger partial charge in [-0.3, -0.25) is 9.88 Å². The van der Waals surface area contributed by atoms with Crippen LogP contribution in [-0.2, 0) is 6.54 Å². The van der Waals surface area contributed by atoms with Crippen molar-refractivity contribution >= 4 is 40.9 Å². The lowest BCUT2D eigenvalue weighted by Crippen LogP contribution is -2.26. The van der Waals surface area contributed by atoms with Crippen molar-refractivity contribution in [3.8, 4) is 5.40 Å². The van der Waals surface area contributed by atoms with Gasteiger partial charge in [-0.2, -0.15) is 28.8 Å². The van der Waals surface area contributed by atoms with Crippen LogP contribution < -0.4 is 0 Å². The number of hydrogen-bond donors (Lipinski definition) is 0. The quantitative estimate of drug-likeness (QED) is 0.152. The normalized spacial score (nSPS) is 10.5. The number of aromatic nitrogens is 1. The molecule has 0 aliphatic rings. The number of rotatable bonds is 18. The highest BCUT2D eigenvalue weighted by Gasteiger charge is 2.08. The van der Waals surface area contributed by atoms with Gasteiger partial charge in [-0.15, -0.1) is 0 Å². The third-order valence-corrected chi connectivity index (χ3v) is 6.73. The Balaban J connectivity index is 0.00000302. The Bertz CT molecular complexity index is 617. The molecular formula is C26H45N3S3. The average Bonchev–Trinajstić information content (AvgIpc) is 2.78. The van der Waals surface area contributed by atoms with Gasteiger partial charge >= 0.3 is 0 Å². The number of thioether (sulfide) groups is 3. The van der Waals surface area contributed by atoms with E-state index < -0.39 is 0 Å². The van der Waals surface area contributed by atoms with Gasteiger partial charge in [0, 0.05) is 18.1 Å². The molecule has 0 saturated carbocycles. The van der Waals surface area contributed by atoms with Crippen LogP contribution in [0.1, 0.15) is 76.6 Å². The molecule has 6 heteroatoms. The molecule has 1 heterocycles. The summed E-state index contributed by atoms with van der Waals surface area (Å²) in [7, 11) is 0. The summed E-state index contributed by atoms with van der Waals surface area (Å²) in [5, 5.41) is 10.6. The highest BCUT2D eigenvalue weighted by molar-refractivity contribution is 8.05. The predicted octanol–water partition coefficient (Wildman–Crippen LogP) is 7.98. The summed E-state index contributed by atoms with van der Waals surface area (Å²) in [6.45, 7) is 11.6. The summed E-state index contributed by atoms with van der Waals surface area (Å²) < 4.78 is 0. The molecule has 0 radical (unpaired) electrons. The van der Waals surface area contributed by atoms with E-state index in [4.69, 9.17) is 10.2 Å². The summed E-state index contributed by atoms with van der Waals surface area (Å²) in [6.07, 6.45) is 14.5. The molecule has 0 aliphatic heterocycles. The first-order chi connectivity index (χ1) is 15.6. The molecule has 0 atom stereocenters. The van der Waals surface area contributed by atoms with Crippen LogP contribution in [-0.4, -0.2) is 52.7 Å². The van der Waals surface area contributed by atoms with Crippen LogP contribution in [0.2, 0.25) is 0 Å². The summed E-state index contributed by atoms with van der Waals surface area (Å²) in [5.41, 5.74) is 3.21. The maximum absolute atomic E-state index is 8.51. The minimum Gasteiger partial charge on any atom is -0.298 e. The summed E-state index contributed by atoms with van der Waals surface area (Å²) in [4.78, 5) is 7.38. The highest BCUT2D eigenvalue weighted by Crippen LogP contribution is 2.14. The molecule has 0 saturated heterocycles. The van der Waals surface area contributed by atoms with Gasteiger partial charge in [-0.25, -0.2) is 0 Å². The second-order valence-corrected chi connectivity index (χ2v) is 10.9. The van der Waals surface area contributed by atoms with Crippen molar-refractivity contribution in [2.24, 2.45) is 0 Å². The van der Waals surface area contributed by atoms with Crippen molar-refractivity contribution in [1.82, 2.24) is 9.88 Å². The number of nitriles is 1. The van der Waals surface area contributed by atoms with Crippen LogP contribution in [0.15, 0.2) is 24.8 Å². The van der Waals surface area contributed by atoms with Crippen molar-refractivity contribution in [2.75, 3.05) is 42.9 Å². The topological polar surface area (TPSA) is 39.9 Å². The first kappa shape index (κ1) is 31.4. The predicted molar refractivity (Wildman–Crippen MR) is 152 cm³/mol. The van der Waals surface area contributed by atoms with Crippen molar-refractivity contribution < 1.29 is 0 Å². The molecule has 0 amide bonds. The van der Waals surface area contributed by atoms with E-state index in [1.54, 1.807) is 11.8 Å². The van der Waals surface area contributed by atoms with Gasteiger partial charge in [-0.1, -0.05) is 51.7 Å². The molecule has 0 fully saturated rings. The molecule has 182 valence electrons. The van der Waals surface area contributed by atoms with Crippen LogP contribution >= 0.6 is 35.3 Å². The number of pyridine rings is 1. The molecule has 1 aromatic rings. The maximum Gasteiger partial charge on any atom is 0.133 e. The van der Waals surface area contributed by atoms with Crippen molar-refractivity contribution in [1.29, 1.82) is 5.26 Å². The van der Waals surface area contributed by atoms with Gasteiger partial charge in [-0.05, 0) is 87.0 Å². The van der Waals surface area contributed by atoms with E-state index in [1.165, 1.54) is 75.4 Å². The second kappa shape index (κ2) is 23.5. The van der Waals surface area contributed by atoms with Crippen LogP contribution in [0.5, 0.6) is 0 Å². The lowest BCUT2D eigenvalue weighted by molar-refractivity contribution is 0.250. The van der Waals surface area contributed by atoms with Crippen molar-refractivity contribution in [3.05, 3.63) is 36.2 Å². The molecule has 0 N–H and O–H groups in total. The van der Waals surface area contributed by atoms with E-state index in [0.29, 0.717) is 0 Å².